The second-order valence-electron chi connectivity index (χ2n) is 6.25. The second-order valence-corrected chi connectivity index (χ2v) is 6.25. The lowest BCUT2D eigenvalue weighted by Gasteiger charge is -2.33. The summed E-state index contributed by atoms with van der Waals surface area (Å²) in [5.74, 6) is -0.433. The quantitative estimate of drug-likeness (QED) is 0.654. The van der Waals surface area contributed by atoms with E-state index in [1.165, 1.54) is 0 Å². The van der Waals surface area contributed by atoms with Crippen molar-refractivity contribution >= 4 is 11.9 Å². The van der Waals surface area contributed by atoms with Gasteiger partial charge in [0.1, 0.15) is 5.54 Å². The van der Waals surface area contributed by atoms with Gasteiger partial charge in [-0.2, -0.15) is 0 Å². The fraction of sp³-hybridized carbons (Fsp3) is 0.579. The zero-order valence-electron chi connectivity index (χ0n) is 15.4. The van der Waals surface area contributed by atoms with Gasteiger partial charge in [0.15, 0.2) is 11.5 Å². The highest BCUT2D eigenvalue weighted by molar-refractivity contribution is 5.98. The van der Waals surface area contributed by atoms with E-state index in [1.54, 1.807) is 18.2 Å². The van der Waals surface area contributed by atoms with Crippen LogP contribution in [0.3, 0.4) is 0 Å². The Bertz CT molecular complexity index is 624. The third-order valence-corrected chi connectivity index (χ3v) is 4.37. The summed E-state index contributed by atoms with van der Waals surface area (Å²) in [6, 6.07) is 4.90. The average molecular weight is 365 g/mol. The zero-order chi connectivity index (χ0) is 19.0. The van der Waals surface area contributed by atoms with Crippen LogP contribution in [0.1, 0.15) is 49.9 Å². The minimum Gasteiger partial charge on any atom is -0.490 e. The largest absolute Gasteiger partial charge is 0.490 e. The van der Waals surface area contributed by atoms with Crippen LogP contribution in [0.2, 0.25) is 0 Å². The summed E-state index contributed by atoms with van der Waals surface area (Å²) in [5, 5.41) is 12.2. The molecule has 2 rings (SSSR count). The van der Waals surface area contributed by atoms with Crippen molar-refractivity contribution in [3.8, 4) is 11.5 Å². The van der Waals surface area contributed by atoms with E-state index in [-0.39, 0.29) is 12.8 Å². The molecule has 2 N–H and O–H groups in total. The number of carboxylic acid groups (broad SMARTS) is 1. The van der Waals surface area contributed by atoms with E-state index in [0.29, 0.717) is 43.5 Å². The third kappa shape index (κ3) is 4.88. The maximum absolute atomic E-state index is 12.6. The van der Waals surface area contributed by atoms with Crippen molar-refractivity contribution in [2.24, 2.45) is 0 Å². The van der Waals surface area contributed by atoms with Crippen LogP contribution in [0.4, 0.5) is 0 Å². The minimum absolute atomic E-state index is 0.241. The fourth-order valence-electron chi connectivity index (χ4n) is 2.76. The number of benzene rings is 1. The number of carbonyl (C=O) groups is 2. The maximum Gasteiger partial charge on any atom is 0.329 e. The third-order valence-electron chi connectivity index (χ3n) is 4.37. The number of carboxylic acids is 1. The van der Waals surface area contributed by atoms with Crippen molar-refractivity contribution in [2.45, 2.75) is 45.1 Å². The Morgan fingerprint density at radius 2 is 1.92 bits per heavy atom. The number of hydrogen-bond acceptors (Lipinski definition) is 5. The van der Waals surface area contributed by atoms with Crippen molar-refractivity contribution in [1.29, 1.82) is 0 Å². The number of nitrogens with one attached hydrogen (secondary N) is 1. The standard InChI is InChI=1S/C19H27NO6/c1-3-5-10-26-15-7-6-14(13-16(15)25-4-2)17(21)20-19(18(22)23)8-11-24-12-9-19/h6-7,13H,3-5,8-12H2,1-2H3,(H,20,21)(H,22,23). The van der Waals surface area contributed by atoms with E-state index in [0.717, 1.165) is 12.8 Å². The van der Waals surface area contributed by atoms with Crippen molar-refractivity contribution in [3.63, 3.8) is 0 Å². The van der Waals surface area contributed by atoms with Crippen LogP contribution in [-0.4, -0.2) is 48.9 Å². The van der Waals surface area contributed by atoms with E-state index in [2.05, 4.69) is 12.2 Å². The molecule has 0 spiro atoms. The molecule has 0 aliphatic carbocycles. The Morgan fingerprint density at radius 3 is 2.54 bits per heavy atom. The summed E-state index contributed by atoms with van der Waals surface area (Å²) in [6.45, 7) is 5.55. The molecule has 1 aromatic rings. The molecule has 1 aliphatic heterocycles. The van der Waals surface area contributed by atoms with E-state index in [9.17, 15) is 14.7 Å². The van der Waals surface area contributed by atoms with Gasteiger partial charge in [0.25, 0.3) is 5.91 Å². The molecule has 144 valence electrons. The predicted octanol–water partition coefficient (Wildman–Crippen LogP) is 2.63. The summed E-state index contributed by atoms with van der Waals surface area (Å²) in [7, 11) is 0. The fourth-order valence-corrected chi connectivity index (χ4v) is 2.76. The van der Waals surface area contributed by atoms with Gasteiger partial charge in [-0.25, -0.2) is 4.79 Å². The molecule has 7 heteroatoms. The Morgan fingerprint density at radius 1 is 1.19 bits per heavy atom. The first kappa shape index (κ1) is 20.0. The topological polar surface area (TPSA) is 94.1 Å². The van der Waals surface area contributed by atoms with Crippen molar-refractivity contribution in [3.05, 3.63) is 23.8 Å². The number of rotatable bonds is 9. The maximum atomic E-state index is 12.6. The highest BCUT2D eigenvalue weighted by Gasteiger charge is 2.41. The van der Waals surface area contributed by atoms with Crippen molar-refractivity contribution < 1.29 is 28.9 Å². The van der Waals surface area contributed by atoms with Gasteiger partial charge < -0.3 is 24.6 Å². The highest BCUT2D eigenvalue weighted by Crippen LogP contribution is 2.29. The molecule has 0 saturated carbocycles. The zero-order valence-corrected chi connectivity index (χ0v) is 15.4. The first-order chi connectivity index (χ1) is 12.5. The summed E-state index contributed by atoms with van der Waals surface area (Å²) in [5.41, 5.74) is -0.958. The predicted molar refractivity (Wildman–Crippen MR) is 95.9 cm³/mol. The number of aliphatic carboxylic acids is 1. The van der Waals surface area contributed by atoms with Crippen LogP contribution in [0.15, 0.2) is 18.2 Å². The highest BCUT2D eigenvalue weighted by atomic mass is 16.5. The van der Waals surface area contributed by atoms with Crippen molar-refractivity contribution in [2.75, 3.05) is 26.4 Å². The van der Waals surface area contributed by atoms with Crippen LogP contribution >= 0.6 is 0 Å². The van der Waals surface area contributed by atoms with Crippen LogP contribution in [0.25, 0.3) is 0 Å². The van der Waals surface area contributed by atoms with Gasteiger partial charge in [0.2, 0.25) is 0 Å². The average Bonchev–Trinajstić information content (AvgIpc) is 2.64. The van der Waals surface area contributed by atoms with Crippen molar-refractivity contribution in [1.82, 2.24) is 5.32 Å². The molecule has 0 unspecified atom stereocenters. The Labute approximate surface area is 153 Å². The summed E-state index contributed by atoms with van der Waals surface area (Å²) in [4.78, 5) is 24.3. The molecule has 1 fully saturated rings. The molecule has 1 aromatic carbocycles. The van der Waals surface area contributed by atoms with Crippen LogP contribution in [-0.2, 0) is 9.53 Å². The van der Waals surface area contributed by atoms with Gasteiger partial charge in [-0.3, -0.25) is 4.79 Å². The van der Waals surface area contributed by atoms with E-state index >= 15 is 0 Å². The van der Waals surface area contributed by atoms with E-state index in [1.807, 2.05) is 6.92 Å². The lowest BCUT2D eigenvalue weighted by atomic mass is 9.89. The molecular formula is C19H27NO6. The van der Waals surface area contributed by atoms with Gasteiger partial charge in [-0.1, -0.05) is 13.3 Å². The molecule has 26 heavy (non-hydrogen) atoms. The Kier molecular flexibility index (Phi) is 7.26. The smallest absolute Gasteiger partial charge is 0.329 e. The first-order valence-electron chi connectivity index (χ1n) is 9.05. The Balaban J connectivity index is 2.16. The van der Waals surface area contributed by atoms with Crippen LogP contribution in [0, 0.1) is 0 Å². The first-order valence-corrected chi connectivity index (χ1v) is 9.05. The molecule has 1 amide bonds. The number of ether oxygens (including phenoxy) is 3. The summed E-state index contributed by atoms with van der Waals surface area (Å²) < 4.78 is 16.5. The van der Waals surface area contributed by atoms with Gasteiger partial charge in [-0.05, 0) is 31.5 Å². The molecular weight excluding hydrogens is 338 g/mol. The van der Waals surface area contributed by atoms with Crippen LogP contribution in [0.5, 0.6) is 11.5 Å². The molecule has 1 aliphatic rings. The summed E-state index contributed by atoms with van der Waals surface area (Å²) in [6.07, 6.45) is 2.43. The molecule has 0 radical (unpaired) electrons. The number of amides is 1. The molecule has 0 bridgehead atoms. The molecule has 7 nitrogen and oxygen atoms in total. The van der Waals surface area contributed by atoms with Gasteiger partial charge >= 0.3 is 5.97 Å². The van der Waals surface area contributed by atoms with Gasteiger partial charge in [-0.15, -0.1) is 0 Å². The van der Waals surface area contributed by atoms with E-state index in [4.69, 9.17) is 14.2 Å². The number of hydrogen-bond donors (Lipinski definition) is 2. The lowest BCUT2D eigenvalue weighted by molar-refractivity contribution is -0.148. The monoisotopic (exact) mass is 365 g/mol. The van der Waals surface area contributed by atoms with Gasteiger partial charge in [0, 0.05) is 31.6 Å². The number of unbranched alkanes of at least 4 members (excludes halogenated alkanes) is 1. The lowest BCUT2D eigenvalue weighted by Crippen LogP contribution is -2.57. The van der Waals surface area contributed by atoms with Crippen LogP contribution < -0.4 is 14.8 Å². The normalized spacial score (nSPS) is 15.9. The minimum atomic E-state index is -1.29. The molecule has 1 heterocycles. The molecule has 0 aromatic heterocycles. The van der Waals surface area contributed by atoms with Gasteiger partial charge in [0.05, 0.1) is 13.2 Å². The molecule has 0 atom stereocenters. The second kappa shape index (κ2) is 9.43. The molecule has 1 saturated heterocycles. The van der Waals surface area contributed by atoms with E-state index < -0.39 is 17.4 Å². The Hall–Kier alpha value is -2.28. The number of carbonyl (C=O) groups excluding carboxylic acids is 1. The summed E-state index contributed by atoms with van der Waals surface area (Å²) >= 11 is 0. The SMILES string of the molecule is CCCCOc1ccc(C(=O)NC2(C(=O)O)CCOCC2)cc1OCC.